The second-order valence-corrected chi connectivity index (χ2v) is 6.30. The lowest BCUT2D eigenvalue weighted by atomic mass is 10.1. The fourth-order valence-corrected chi connectivity index (χ4v) is 3.09. The highest BCUT2D eigenvalue weighted by Gasteiger charge is 2.37. The Morgan fingerprint density at radius 1 is 1.39 bits per heavy atom. The predicted molar refractivity (Wildman–Crippen MR) is 89.2 cm³/mol. The molecule has 1 aromatic rings. The molecule has 1 aromatic carbocycles. The number of nitrogens with zero attached hydrogens (tertiary/aromatic N) is 1. The van der Waals surface area contributed by atoms with Crippen molar-refractivity contribution in [1.29, 1.82) is 0 Å². The summed E-state index contributed by atoms with van der Waals surface area (Å²) in [6.07, 6.45) is 3.41. The van der Waals surface area contributed by atoms with Crippen LogP contribution in [0.15, 0.2) is 24.3 Å². The number of hydrogen-bond donors (Lipinski definition) is 3. The SMILES string of the molecule is CCC[C@H]1C[C@@H]1NC(=O)Nc1ccccc1CN1CCNC1=O. The van der Waals surface area contributed by atoms with Crippen LogP contribution in [0.4, 0.5) is 15.3 Å². The van der Waals surface area contributed by atoms with Crippen molar-refractivity contribution in [3.63, 3.8) is 0 Å². The average molecular weight is 316 g/mol. The Labute approximate surface area is 136 Å². The number of anilines is 1. The third-order valence-corrected chi connectivity index (χ3v) is 4.47. The second kappa shape index (κ2) is 6.89. The van der Waals surface area contributed by atoms with Crippen molar-refractivity contribution in [2.24, 2.45) is 5.92 Å². The van der Waals surface area contributed by atoms with Crippen LogP contribution in [0.1, 0.15) is 31.7 Å². The molecular weight excluding hydrogens is 292 g/mol. The smallest absolute Gasteiger partial charge is 0.319 e. The number of rotatable bonds is 6. The van der Waals surface area contributed by atoms with E-state index in [2.05, 4.69) is 22.9 Å². The molecule has 1 saturated carbocycles. The van der Waals surface area contributed by atoms with Gasteiger partial charge in [0, 0.05) is 31.4 Å². The number of nitrogens with one attached hydrogen (secondary N) is 3. The van der Waals surface area contributed by atoms with Crippen LogP contribution in [0.2, 0.25) is 0 Å². The molecule has 1 heterocycles. The number of carbonyl (C=O) groups excluding carboxylic acids is 2. The lowest BCUT2D eigenvalue weighted by Crippen LogP contribution is -2.32. The summed E-state index contributed by atoms with van der Waals surface area (Å²) in [7, 11) is 0. The number of urea groups is 2. The van der Waals surface area contributed by atoms with Gasteiger partial charge in [-0.3, -0.25) is 0 Å². The third kappa shape index (κ3) is 3.94. The summed E-state index contributed by atoms with van der Waals surface area (Å²) < 4.78 is 0. The van der Waals surface area contributed by atoms with Crippen LogP contribution < -0.4 is 16.0 Å². The van der Waals surface area contributed by atoms with Gasteiger partial charge in [-0.1, -0.05) is 31.5 Å². The lowest BCUT2D eigenvalue weighted by molar-refractivity contribution is 0.215. The molecule has 0 radical (unpaired) electrons. The summed E-state index contributed by atoms with van der Waals surface area (Å²) in [6.45, 7) is 4.04. The first-order chi connectivity index (χ1) is 11.2. The summed E-state index contributed by atoms with van der Waals surface area (Å²) in [5, 5.41) is 8.74. The van der Waals surface area contributed by atoms with Gasteiger partial charge in [0.05, 0.1) is 0 Å². The fourth-order valence-electron chi connectivity index (χ4n) is 3.09. The minimum Gasteiger partial charge on any atom is -0.336 e. The quantitative estimate of drug-likeness (QED) is 0.754. The Balaban J connectivity index is 1.57. The van der Waals surface area contributed by atoms with Crippen LogP contribution in [0, 0.1) is 5.92 Å². The van der Waals surface area contributed by atoms with Gasteiger partial charge >= 0.3 is 12.1 Å². The molecule has 6 heteroatoms. The fraction of sp³-hybridized carbons (Fsp3) is 0.529. The van der Waals surface area contributed by atoms with Crippen LogP contribution in [0.5, 0.6) is 0 Å². The molecule has 3 N–H and O–H groups in total. The van der Waals surface area contributed by atoms with Crippen molar-refractivity contribution in [2.45, 2.75) is 38.8 Å². The molecule has 4 amide bonds. The van der Waals surface area contributed by atoms with Gasteiger partial charge in [-0.05, 0) is 30.4 Å². The summed E-state index contributed by atoms with van der Waals surface area (Å²) in [6, 6.07) is 7.73. The van der Waals surface area contributed by atoms with E-state index in [0.717, 1.165) is 24.1 Å². The third-order valence-electron chi connectivity index (χ3n) is 4.47. The van der Waals surface area contributed by atoms with E-state index in [4.69, 9.17) is 0 Å². The molecule has 0 spiro atoms. The van der Waals surface area contributed by atoms with Gasteiger partial charge in [0.2, 0.25) is 0 Å². The van der Waals surface area contributed by atoms with Gasteiger partial charge < -0.3 is 20.9 Å². The van der Waals surface area contributed by atoms with Gasteiger partial charge in [-0.2, -0.15) is 0 Å². The van der Waals surface area contributed by atoms with Gasteiger partial charge in [0.15, 0.2) is 0 Å². The van der Waals surface area contributed by atoms with E-state index in [1.165, 1.54) is 6.42 Å². The molecular formula is C17H24N4O2. The lowest BCUT2D eigenvalue weighted by Gasteiger charge is -2.17. The highest BCUT2D eigenvalue weighted by Crippen LogP contribution is 2.34. The molecule has 0 aromatic heterocycles. The van der Waals surface area contributed by atoms with Crippen LogP contribution >= 0.6 is 0 Å². The largest absolute Gasteiger partial charge is 0.336 e. The summed E-state index contributed by atoms with van der Waals surface area (Å²) in [4.78, 5) is 25.6. The highest BCUT2D eigenvalue weighted by atomic mass is 16.2. The maximum atomic E-state index is 12.2. The molecule has 2 aliphatic rings. The normalized spacial score (nSPS) is 22.7. The van der Waals surface area contributed by atoms with Gasteiger partial charge in [0.25, 0.3) is 0 Å². The number of benzene rings is 1. The molecule has 1 aliphatic carbocycles. The minimum absolute atomic E-state index is 0.0513. The first-order valence-electron chi connectivity index (χ1n) is 8.35. The van der Waals surface area contributed by atoms with Crippen LogP contribution in [-0.4, -0.2) is 36.1 Å². The zero-order valence-electron chi connectivity index (χ0n) is 13.5. The van der Waals surface area contributed by atoms with E-state index in [-0.39, 0.29) is 12.1 Å². The van der Waals surface area contributed by atoms with Crippen molar-refractivity contribution >= 4 is 17.7 Å². The minimum atomic E-state index is -0.160. The molecule has 0 bridgehead atoms. The Morgan fingerprint density at radius 2 is 2.22 bits per heavy atom. The molecule has 23 heavy (non-hydrogen) atoms. The average Bonchev–Trinajstić information content (AvgIpc) is 3.12. The van der Waals surface area contributed by atoms with Crippen molar-refractivity contribution < 1.29 is 9.59 Å². The predicted octanol–water partition coefficient (Wildman–Crippen LogP) is 2.52. The topological polar surface area (TPSA) is 73.5 Å². The van der Waals surface area contributed by atoms with E-state index < -0.39 is 0 Å². The molecule has 1 saturated heterocycles. The molecule has 6 nitrogen and oxygen atoms in total. The number of amides is 4. The van der Waals surface area contributed by atoms with Crippen LogP contribution in [0.25, 0.3) is 0 Å². The van der Waals surface area contributed by atoms with E-state index >= 15 is 0 Å². The summed E-state index contributed by atoms with van der Waals surface area (Å²) in [5.74, 6) is 0.634. The Morgan fingerprint density at radius 3 is 2.96 bits per heavy atom. The van der Waals surface area contributed by atoms with E-state index in [1.807, 2.05) is 24.3 Å². The van der Waals surface area contributed by atoms with Crippen molar-refractivity contribution in [3.05, 3.63) is 29.8 Å². The summed E-state index contributed by atoms with van der Waals surface area (Å²) >= 11 is 0. The monoisotopic (exact) mass is 316 g/mol. The van der Waals surface area contributed by atoms with Gasteiger partial charge in [-0.25, -0.2) is 9.59 Å². The highest BCUT2D eigenvalue weighted by molar-refractivity contribution is 5.90. The molecule has 0 unspecified atom stereocenters. The zero-order chi connectivity index (χ0) is 16.2. The molecule has 2 fully saturated rings. The number of para-hydroxylation sites is 1. The zero-order valence-corrected chi connectivity index (χ0v) is 13.5. The molecule has 2 atom stereocenters. The van der Waals surface area contributed by atoms with E-state index in [1.54, 1.807) is 4.90 Å². The van der Waals surface area contributed by atoms with Crippen molar-refractivity contribution in [3.8, 4) is 0 Å². The number of carbonyl (C=O) groups is 2. The first-order valence-corrected chi connectivity index (χ1v) is 8.35. The summed E-state index contributed by atoms with van der Waals surface area (Å²) in [5.41, 5.74) is 1.71. The molecule has 1 aliphatic heterocycles. The Bertz CT molecular complexity index is 590. The van der Waals surface area contributed by atoms with Crippen molar-refractivity contribution in [1.82, 2.24) is 15.5 Å². The first kappa shape index (κ1) is 15.6. The maximum Gasteiger partial charge on any atom is 0.319 e. The second-order valence-electron chi connectivity index (χ2n) is 6.30. The van der Waals surface area contributed by atoms with E-state index in [9.17, 15) is 9.59 Å². The van der Waals surface area contributed by atoms with E-state index in [0.29, 0.717) is 31.6 Å². The standard InChI is InChI=1S/C17H24N4O2/c1-2-5-12-10-15(12)20-16(22)19-14-7-4-3-6-13(14)11-21-9-8-18-17(21)23/h3-4,6-7,12,15H,2,5,8-11H2,1H3,(H,18,23)(H2,19,20,22)/t12-,15-/m0/s1. The molecule has 3 rings (SSSR count). The Hall–Kier alpha value is -2.24. The Kier molecular flexibility index (Phi) is 4.69. The maximum absolute atomic E-state index is 12.2. The molecule has 124 valence electrons. The van der Waals surface area contributed by atoms with Crippen molar-refractivity contribution in [2.75, 3.05) is 18.4 Å². The van der Waals surface area contributed by atoms with Gasteiger partial charge in [-0.15, -0.1) is 0 Å². The van der Waals surface area contributed by atoms with Gasteiger partial charge in [0.1, 0.15) is 0 Å². The van der Waals surface area contributed by atoms with Crippen LogP contribution in [-0.2, 0) is 6.54 Å². The van der Waals surface area contributed by atoms with Crippen LogP contribution in [0.3, 0.4) is 0 Å². The number of hydrogen-bond acceptors (Lipinski definition) is 2.